The lowest BCUT2D eigenvalue weighted by atomic mass is 9.78. The molecule has 0 radical (unpaired) electrons. The van der Waals surface area contributed by atoms with Crippen molar-refractivity contribution >= 4 is 0 Å². The Bertz CT molecular complexity index is 410. The zero-order chi connectivity index (χ0) is 14.2. The smallest absolute Gasteiger partial charge is 0.111 e. The molecule has 5 N–H and O–H groups in total. The van der Waals surface area contributed by atoms with Gasteiger partial charge in [-0.1, -0.05) is 12.1 Å². The maximum Gasteiger partial charge on any atom is 0.111 e. The Hall–Kier alpha value is -1.06. The van der Waals surface area contributed by atoms with Crippen LogP contribution in [0, 0.1) is 5.92 Å². The molecule has 0 spiro atoms. The minimum Gasteiger partial charge on any atom is -0.390 e. The number of aliphatic hydroxyl groups is 5. The second-order valence-electron chi connectivity index (χ2n) is 4.90. The van der Waals surface area contributed by atoms with E-state index < -0.39 is 36.4 Å². The molecule has 1 heterocycles. The molecule has 1 fully saturated rings. The fourth-order valence-electron chi connectivity index (χ4n) is 2.34. The molecule has 108 valence electrons. The van der Waals surface area contributed by atoms with Crippen LogP contribution in [0.1, 0.15) is 12.6 Å². The maximum atomic E-state index is 9.88. The molecule has 0 amide bonds. The van der Waals surface area contributed by atoms with Crippen molar-refractivity contribution in [2.45, 2.75) is 50.4 Å². The molecular formula is C11H19N3O5. The Morgan fingerprint density at radius 3 is 2.00 bits per heavy atom. The van der Waals surface area contributed by atoms with Gasteiger partial charge in [-0.15, -0.1) is 5.10 Å². The summed E-state index contributed by atoms with van der Waals surface area (Å²) in [4.78, 5) is 0. The van der Waals surface area contributed by atoms with E-state index in [9.17, 15) is 25.5 Å². The minimum atomic E-state index is -1.57. The summed E-state index contributed by atoms with van der Waals surface area (Å²) in [7, 11) is 0. The van der Waals surface area contributed by atoms with Crippen LogP contribution in [-0.4, -0.2) is 71.0 Å². The van der Waals surface area contributed by atoms with Gasteiger partial charge in [-0.25, -0.2) is 0 Å². The van der Waals surface area contributed by atoms with Crippen LogP contribution in [0.3, 0.4) is 0 Å². The zero-order valence-corrected chi connectivity index (χ0v) is 10.5. The van der Waals surface area contributed by atoms with Crippen LogP contribution >= 0.6 is 0 Å². The van der Waals surface area contributed by atoms with Gasteiger partial charge in [0.2, 0.25) is 0 Å². The predicted molar refractivity (Wildman–Crippen MR) is 62.9 cm³/mol. The standard InChI is InChI=1S/C11H19N3O5/c1-2-5-3-14(13-12-5)4-6-7(15)9(17)11(19)10(18)8(6)16/h3,6-11,15-19H,2,4H2,1H3/t6?,7-,8-,9+,10+,11?/m1/s1. The summed E-state index contributed by atoms with van der Waals surface area (Å²) in [6, 6.07) is 0. The molecule has 8 heteroatoms. The lowest BCUT2D eigenvalue weighted by Gasteiger charge is -2.41. The van der Waals surface area contributed by atoms with Crippen molar-refractivity contribution in [3.8, 4) is 0 Å². The summed E-state index contributed by atoms with van der Waals surface area (Å²) in [6.07, 6.45) is -4.88. The van der Waals surface area contributed by atoms with Gasteiger partial charge in [0.05, 0.1) is 24.4 Å². The topological polar surface area (TPSA) is 132 Å². The highest BCUT2D eigenvalue weighted by Gasteiger charge is 2.48. The highest BCUT2D eigenvalue weighted by atomic mass is 16.4. The molecule has 1 saturated carbocycles. The number of aliphatic hydroxyl groups excluding tert-OH is 5. The molecule has 0 unspecified atom stereocenters. The zero-order valence-electron chi connectivity index (χ0n) is 10.5. The molecule has 0 aliphatic heterocycles. The number of hydrogen-bond acceptors (Lipinski definition) is 7. The first-order chi connectivity index (χ1) is 8.95. The van der Waals surface area contributed by atoms with Crippen LogP contribution in [0.4, 0.5) is 0 Å². The van der Waals surface area contributed by atoms with Crippen molar-refractivity contribution in [1.29, 1.82) is 0 Å². The summed E-state index contributed by atoms with van der Waals surface area (Å²) < 4.78 is 1.44. The van der Waals surface area contributed by atoms with Crippen LogP contribution in [0.15, 0.2) is 6.20 Å². The van der Waals surface area contributed by atoms with Crippen LogP contribution in [0.25, 0.3) is 0 Å². The van der Waals surface area contributed by atoms with E-state index in [1.54, 1.807) is 6.20 Å². The third kappa shape index (κ3) is 2.63. The van der Waals surface area contributed by atoms with E-state index in [4.69, 9.17) is 0 Å². The van der Waals surface area contributed by atoms with Gasteiger partial charge < -0.3 is 25.5 Å². The number of aryl methyl sites for hydroxylation is 1. The molecule has 0 saturated heterocycles. The first-order valence-electron chi connectivity index (χ1n) is 6.25. The molecular weight excluding hydrogens is 254 g/mol. The largest absolute Gasteiger partial charge is 0.390 e. The van der Waals surface area contributed by atoms with Gasteiger partial charge in [-0.3, -0.25) is 4.68 Å². The Balaban J connectivity index is 2.13. The first-order valence-corrected chi connectivity index (χ1v) is 6.25. The summed E-state index contributed by atoms with van der Waals surface area (Å²) in [5.41, 5.74) is 0.765. The average Bonchev–Trinajstić information content (AvgIpc) is 2.87. The second kappa shape index (κ2) is 5.51. The van der Waals surface area contributed by atoms with Crippen molar-refractivity contribution in [3.05, 3.63) is 11.9 Å². The van der Waals surface area contributed by atoms with Gasteiger partial charge in [0, 0.05) is 12.1 Å². The highest BCUT2D eigenvalue weighted by Crippen LogP contribution is 2.27. The van der Waals surface area contributed by atoms with Crippen LogP contribution in [-0.2, 0) is 13.0 Å². The van der Waals surface area contributed by atoms with Crippen molar-refractivity contribution in [1.82, 2.24) is 15.0 Å². The van der Waals surface area contributed by atoms with Crippen LogP contribution in [0.2, 0.25) is 0 Å². The van der Waals surface area contributed by atoms with E-state index in [0.717, 1.165) is 5.69 Å². The molecule has 0 aromatic carbocycles. The summed E-state index contributed by atoms with van der Waals surface area (Å²) in [5.74, 6) is -0.834. The maximum absolute atomic E-state index is 9.88. The van der Waals surface area contributed by atoms with E-state index in [2.05, 4.69) is 10.3 Å². The second-order valence-corrected chi connectivity index (χ2v) is 4.90. The Morgan fingerprint density at radius 1 is 1.00 bits per heavy atom. The van der Waals surface area contributed by atoms with Gasteiger partial charge >= 0.3 is 0 Å². The molecule has 1 aromatic rings. The lowest BCUT2D eigenvalue weighted by molar-refractivity contribution is -0.206. The molecule has 0 bridgehead atoms. The average molecular weight is 273 g/mol. The molecule has 1 aliphatic rings. The van der Waals surface area contributed by atoms with Crippen molar-refractivity contribution in [2.75, 3.05) is 0 Å². The van der Waals surface area contributed by atoms with Gasteiger partial charge in [0.25, 0.3) is 0 Å². The molecule has 1 aliphatic carbocycles. The fraction of sp³-hybridized carbons (Fsp3) is 0.818. The summed E-state index contributed by atoms with van der Waals surface area (Å²) in [6.45, 7) is 2.01. The summed E-state index contributed by atoms with van der Waals surface area (Å²) in [5, 5.41) is 56.2. The number of nitrogens with zero attached hydrogens (tertiary/aromatic N) is 3. The molecule has 8 nitrogen and oxygen atoms in total. The van der Waals surface area contributed by atoms with Gasteiger partial charge in [0.15, 0.2) is 0 Å². The highest BCUT2D eigenvalue weighted by molar-refractivity contribution is 4.99. The third-order valence-corrected chi connectivity index (χ3v) is 3.62. The predicted octanol–water partition coefficient (Wildman–Crippen LogP) is -2.73. The van der Waals surface area contributed by atoms with Crippen molar-refractivity contribution < 1.29 is 25.5 Å². The monoisotopic (exact) mass is 273 g/mol. The Labute approximate surface area is 109 Å². The minimum absolute atomic E-state index is 0.0934. The number of hydrogen-bond donors (Lipinski definition) is 5. The van der Waals surface area contributed by atoms with E-state index >= 15 is 0 Å². The van der Waals surface area contributed by atoms with Gasteiger partial charge in [-0.05, 0) is 6.42 Å². The number of aromatic nitrogens is 3. The molecule has 1 aromatic heterocycles. The Kier molecular flexibility index (Phi) is 4.16. The normalized spacial score (nSPS) is 39.5. The Morgan fingerprint density at radius 2 is 1.53 bits per heavy atom. The van der Waals surface area contributed by atoms with Crippen LogP contribution < -0.4 is 0 Å². The fourth-order valence-corrected chi connectivity index (χ4v) is 2.34. The third-order valence-electron chi connectivity index (χ3n) is 3.62. The SMILES string of the molecule is CCc1cn(CC2[C@@H](O)[C@H](O)C(O)[C@@H](O)[C@@H]2O)nn1. The quantitative estimate of drug-likeness (QED) is 0.404. The lowest BCUT2D eigenvalue weighted by Crippen LogP contribution is -2.61. The molecule has 19 heavy (non-hydrogen) atoms. The summed E-state index contributed by atoms with van der Waals surface area (Å²) >= 11 is 0. The van der Waals surface area contributed by atoms with E-state index in [1.165, 1.54) is 4.68 Å². The first kappa shape index (κ1) is 14.4. The number of rotatable bonds is 3. The van der Waals surface area contributed by atoms with E-state index in [0.29, 0.717) is 6.42 Å². The van der Waals surface area contributed by atoms with Gasteiger partial charge in [-0.2, -0.15) is 0 Å². The van der Waals surface area contributed by atoms with Crippen LogP contribution in [0.5, 0.6) is 0 Å². The molecule has 2 rings (SSSR count). The van der Waals surface area contributed by atoms with Crippen molar-refractivity contribution in [2.24, 2.45) is 5.92 Å². The van der Waals surface area contributed by atoms with E-state index in [-0.39, 0.29) is 6.54 Å². The van der Waals surface area contributed by atoms with E-state index in [1.807, 2.05) is 6.92 Å². The molecule has 4 atom stereocenters. The van der Waals surface area contributed by atoms with Gasteiger partial charge in [0.1, 0.15) is 18.3 Å². The van der Waals surface area contributed by atoms with Crippen molar-refractivity contribution in [3.63, 3.8) is 0 Å².